The van der Waals surface area contributed by atoms with E-state index in [0.29, 0.717) is 12.1 Å². The van der Waals surface area contributed by atoms with Gasteiger partial charge in [0.05, 0.1) is 17.9 Å². The van der Waals surface area contributed by atoms with Crippen LogP contribution in [0.1, 0.15) is 37.7 Å². The van der Waals surface area contributed by atoms with Crippen LogP contribution in [0.3, 0.4) is 0 Å². The molecule has 2 atom stereocenters. The maximum Gasteiger partial charge on any atom is 0.156 e. The molecule has 25 heavy (non-hydrogen) atoms. The Balaban J connectivity index is 1.48. The first-order valence-electron chi connectivity index (χ1n) is 8.72. The second-order valence-corrected chi connectivity index (χ2v) is 6.43. The van der Waals surface area contributed by atoms with E-state index in [4.69, 9.17) is 0 Å². The highest BCUT2D eigenvalue weighted by Crippen LogP contribution is 2.11. The van der Waals surface area contributed by atoms with E-state index in [1.54, 1.807) is 4.68 Å². The Hall–Kier alpha value is -2.54. The molecule has 0 aliphatic carbocycles. The zero-order valence-corrected chi connectivity index (χ0v) is 15.0. The molecule has 1 aromatic carbocycles. The minimum Gasteiger partial charge on any atom is -0.312 e. The normalized spacial score (nSPS) is 13.7. The summed E-state index contributed by atoms with van der Waals surface area (Å²) in [6.07, 6.45) is 5.78. The summed E-state index contributed by atoms with van der Waals surface area (Å²) in [6, 6.07) is 10.6. The fourth-order valence-electron chi connectivity index (χ4n) is 2.76. The monoisotopic (exact) mass is 339 g/mol. The molecule has 0 aliphatic heterocycles. The van der Waals surface area contributed by atoms with Gasteiger partial charge in [-0.3, -0.25) is 4.68 Å². The summed E-state index contributed by atoms with van der Waals surface area (Å²) in [5.41, 5.74) is 2.18. The highest BCUT2D eigenvalue weighted by Gasteiger charge is 2.14. The number of aryl methyl sites for hydroxylation is 2. The third-order valence-electron chi connectivity index (χ3n) is 4.45. The van der Waals surface area contributed by atoms with Crippen molar-refractivity contribution in [2.45, 2.75) is 45.7 Å². The van der Waals surface area contributed by atoms with Crippen molar-refractivity contribution in [1.29, 1.82) is 0 Å². The van der Waals surface area contributed by atoms with Crippen LogP contribution in [0.25, 0.3) is 5.69 Å². The number of hydrogen-bond donors (Lipinski definition) is 1. The number of aromatic nitrogens is 6. The van der Waals surface area contributed by atoms with Crippen molar-refractivity contribution in [2.75, 3.05) is 6.54 Å². The fraction of sp³-hybridized carbons (Fsp3) is 0.444. The molecular weight excluding hydrogens is 314 g/mol. The van der Waals surface area contributed by atoms with Crippen molar-refractivity contribution in [3.8, 4) is 5.69 Å². The Labute approximate surface area is 148 Å². The lowest BCUT2D eigenvalue weighted by Crippen LogP contribution is -2.34. The standard InChI is InChI=1S/C18H25N7/c1-14-12-20-24(13-14)16(3)15(2)19-11-7-10-18-21-22-23-25(18)17-8-5-4-6-9-17/h4-6,8-9,12-13,15-16,19H,7,10-11H2,1-3H3. The molecule has 0 radical (unpaired) electrons. The Morgan fingerprint density at radius 3 is 2.68 bits per heavy atom. The molecule has 1 N–H and O–H groups in total. The van der Waals surface area contributed by atoms with E-state index in [9.17, 15) is 0 Å². The summed E-state index contributed by atoms with van der Waals surface area (Å²) in [6.45, 7) is 7.34. The van der Waals surface area contributed by atoms with Crippen molar-refractivity contribution in [2.24, 2.45) is 0 Å². The van der Waals surface area contributed by atoms with E-state index < -0.39 is 0 Å². The number of nitrogens with one attached hydrogen (secondary N) is 1. The predicted molar refractivity (Wildman–Crippen MR) is 96.6 cm³/mol. The molecule has 3 rings (SSSR count). The van der Waals surface area contributed by atoms with Crippen LogP contribution in [-0.4, -0.2) is 42.6 Å². The van der Waals surface area contributed by atoms with Gasteiger partial charge >= 0.3 is 0 Å². The molecule has 7 heteroatoms. The number of rotatable bonds is 8. The van der Waals surface area contributed by atoms with E-state index in [1.807, 2.05) is 41.2 Å². The molecule has 0 spiro atoms. The summed E-state index contributed by atoms with van der Waals surface area (Å²) in [4.78, 5) is 0. The van der Waals surface area contributed by atoms with Gasteiger partial charge in [-0.05, 0) is 61.9 Å². The average molecular weight is 339 g/mol. The van der Waals surface area contributed by atoms with Crippen LogP contribution in [0.4, 0.5) is 0 Å². The van der Waals surface area contributed by atoms with Crippen LogP contribution in [-0.2, 0) is 6.42 Å². The zero-order valence-electron chi connectivity index (χ0n) is 15.0. The summed E-state index contributed by atoms with van der Waals surface area (Å²) < 4.78 is 3.82. The number of nitrogens with zero attached hydrogens (tertiary/aromatic N) is 6. The van der Waals surface area contributed by atoms with Gasteiger partial charge in [0.2, 0.25) is 0 Å². The van der Waals surface area contributed by atoms with Crippen molar-refractivity contribution in [3.05, 3.63) is 54.1 Å². The molecule has 0 aliphatic rings. The topological polar surface area (TPSA) is 73.5 Å². The Kier molecular flexibility index (Phi) is 5.55. The summed E-state index contributed by atoms with van der Waals surface area (Å²) in [5, 5.41) is 20.0. The molecule has 0 saturated heterocycles. The second kappa shape index (κ2) is 8.02. The third-order valence-corrected chi connectivity index (χ3v) is 4.45. The van der Waals surface area contributed by atoms with E-state index in [0.717, 1.165) is 30.9 Å². The predicted octanol–water partition coefficient (Wildman–Crippen LogP) is 2.34. The van der Waals surface area contributed by atoms with Crippen LogP contribution in [0.2, 0.25) is 0 Å². The molecule has 0 bridgehead atoms. The molecule has 3 aromatic rings. The molecule has 0 amide bonds. The minimum atomic E-state index is 0.309. The van der Waals surface area contributed by atoms with E-state index in [1.165, 1.54) is 5.56 Å². The fourth-order valence-corrected chi connectivity index (χ4v) is 2.76. The van der Waals surface area contributed by atoms with Gasteiger partial charge in [0.15, 0.2) is 5.82 Å². The van der Waals surface area contributed by atoms with E-state index in [2.05, 4.69) is 52.9 Å². The number of benzene rings is 1. The Morgan fingerprint density at radius 1 is 1.16 bits per heavy atom. The molecular formula is C18H25N7. The molecule has 0 saturated carbocycles. The largest absolute Gasteiger partial charge is 0.312 e. The maximum atomic E-state index is 4.40. The summed E-state index contributed by atoms with van der Waals surface area (Å²) in [5.74, 6) is 0.886. The van der Waals surface area contributed by atoms with Crippen molar-refractivity contribution in [3.63, 3.8) is 0 Å². The number of para-hydroxylation sites is 1. The van der Waals surface area contributed by atoms with Gasteiger partial charge in [0, 0.05) is 18.7 Å². The van der Waals surface area contributed by atoms with Crippen LogP contribution < -0.4 is 5.32 Å². The summed E-state index contributed by atoms with van der Waals surface area (Å²) in [7, 11) is 0. The second-order valence-electron chi connectivity index (χ2n) is 6.43. The number of tetrazole rings is 1. The van der Waals surface area contributed by atoms with Crippen LogP contribution in [0.15, 0.2) is 42.7 Å². The minimum absolute atomic E-state index is 0.309. The molecule has 0 fully saturated rings. The van der Waals surface area contributed by atoms with Gasteiger partial charge in [0.1, 0.15) is 0 Å². The highest BCUT2D eigenvalue weighted by atomic mass is 15.5. The van der Waals surface area contributed by atoms with Gasteiger partial charge in [-0.25, -0.2) is 0 Å². The average Bonchev–Trinajstić information content (AvgIpc) is 3.27. The lowest BCUT2D eigenvalue weighted by molar-refractivity contribution is 0.364. The maximum absolute atomic E-state index is 4.40. The first kappa shape index (κ1) is 17.3. The van der Waals surface area contributed by atoms with Crippen LogP contribution in [0.5, 0.6) is 0 Å². The van der Waals surface area contributed by atoms with Crippen LogP contribution >= 0.6 is 0 Å². The lowest BCUT2D eigenvalue weighted by Gasteiger charge is -2.21. The van der Waals surface area contributed by atoms with Gasteiger partial charge in [-0.2, -0.15) is 9.78 Å². The molecule has 7 nitrogen and oxygen atoms in total. The quantitative estimate of drug-likeness (QED) is 0.638. The van der Waals surface area contributed by atoms with E-state index in [-0.39, 0.29) is 0 Å². The number of hydrogen-bond acceptors (Lipinski definition) is 5. The molecule has 132 valence electrons. The smallest absolute Gasteiger partial charge is 0.156 e. The first-order valence-corrected chi connectivity index (χ1v) is 8.72. The summed E-state index contributed by atoms with van der Waals surface area (Å²) >= 11 is 0. The van der Waals surface area contributed by atoms with Crippen molar-refractivity contribution >= 4 is 0 Å². The van der Waals surface area contributed by atoms with Crippen molar-refractivity contribution < 1.29 is 0 Å². The third kappa shape index (κ3) is 4.30. The zero-order chi connectivity index (χ0) is 17.6. The van der Waals surface area contributed by atoms with Gasteiger partial charge < -0.3 is 5.32 Å². The van der Waals surface area contributed by atoms with Gasteiger partial charge in [-0.15, -0.1) is 5.10 Å². The van der Waals surface area contributed by atoms with Crippen LogP contribution in [0, 0.1) is 6.92 Å². The lowest BCUT2D eigenvalue weighted by atomic mass is 10.1. The van der Waals surface area contributed by atoms with Crippen molar-refractivity contribution in [1.82, 2.24) is 35.3 Å². The van der Waals surface area contributed by atoms with Gasteiger partial charge in [0.25, 0.3) is 0 Å². The Bertz CT molecular complexity index is 778. The van der Waals surface area contributed by atoms with Gasteiger partial charge in [-0.1, -0.05) is 18.2 Å². The highest BCUT2D eigenvalue weighted by molar-refractivity contribution is 5.30. The first-order chi connectivity index (χ1) is 12.1. The molecule has 2 unspecified atom stereocenters. The SMILES string of the molecule is Cc1cnn(C(C)C(C)NCCCc2nnnn2-c2ccccc2)c1. The van der Waals surface area contributed by atoms with E-state index >= 15 is 0 Å². The molecule has 2 heterocycles. The molecule has 2 aromatic heterocycles. The Morgan fingerprint density at radius 2 is 1.96 bits per heavy atom.